The summed E-state index contributed by atoms with van der Waals surface area (Å²) in [5.41, 5.74) is 4.68. The largest absolute Gasteiger partial charge is 0.368 e. The first-order valence-corrected chi connectivity index (χ1v) is 6.05. The molecule has 0 spiro atoms. The minimum Gasteiger partial charge on any atom is -0.368 e. The number of rotatable bonds is 9. The highest BCUT2D eigenvalue weighted by Crippen LogP contribution is 2.05. The van der Waals surface area contributed by atoms with E-state index in [1.165, 1.54) is 32.1 Å². The number of nitrogens with two attached hydrogens (primary N) is 1. The Hall–Kier alpha value is -0.570. The van der Waals surface area contributed by atoms with Crippen LogP contribution in [0.4, 0.5) is 0 Å². The molecule has 15 heavy (non-hydrogen) atoms. The van der Waals surface area contributed by atoms with Crippen molar-refractivity contribution in [2.24, 2.45) is 5.73 Å². The Balaban J connectivity index is 3.35. The zero-order chi connectivity index (χ0) is 11.7. The molecule has 0 aliphatic rings. The Morgan fingerprint density at radius 1 is 1.13 bits per heavy atom. The smallest absolute Gasteiger partial charge is 0.237 e. The van der Waals surface area contributed by atoms with Crippen LogP contribution in [0.25, 0.3) is 0 Å². The Morgan fingerprint density at radius 3 is 2.20 bits per heavy atom. The van der Waals surface area contributed by atoms with Gasteiger partial charge in [0.15, 0.2) is 0 Å². The number of hydrogen-bond donors (Lipinski definition) is 2. The number of amides is 1. The van der Waals surface area contributed by atoms with Crippen LogP contribution >= 0.6 is 0 Å². The number of hydrogen-bond acceptors (Lipinski definition) is 2. The lowest BCUT2D eigenvalue weighted by Crippen LogP contribution is -2.50. The van der Waals surface area contributed by atoms with E-state index in [0.717, 1.165) is 13.0 Å². The number of primary amides is 1. The molecule has 0 rings (SSSR count). The fourth-order valence-corrected chi connectivity index (χ4v) is 1.39. The fraction of sp³-hybridized carbons (Fsp3) is 0.917. The van der Waals surface area contributed by atoms with Crippen LogP contribution in [0.3, 0.4) is 0 Å². The van der Waals surface area contributed by atoms with E-state index in [1.807, 2.05) is 13.8 Å². The quantitative estimate of drug-likeness (QED) is 0.578. The van der Waals surface area contributed by atoms with E-state index < -0.39 is 5.54 Å². The van der Waals surface area contributed by atoms with Gasteiger partial charge in [0.05, 0.1) is 5.54 Å². The molecule has 0 bridgehead atoms. The van der Waals surface area contributed by atoms with Crippen molar-refractivity contribution in [2.75, 3.05) is 6.54 Å². The number of carbonyl (C=O) groups is 1. The lowest BCUT2D eigenvalue weighted by atomic mass is 10.0. The van der Waals surface area contributed by atoms with Gasteiger partial charge in [-0.05, 0) is 26.8 Å². The minimum absolute atomic E-state index is 0.284. The van der Waals surface area contributed by atoms with E-state index in [2.05, 4.69) is 12.2 Å². The fourth-order valence-electron chi connectivity index (χ4n) is 1.39. The van der Waals surface area contributed by atoms with E-state index in [-0.39, 0.29) is 5.91 Å². The van der Waals surface area contributed by atoms with E-state index in [4.69, 9.17) is 5.73 Å². The van der Waals surface area contributed by atoms with Gasteiger partial charge < -0.3 is 11.1 Å². The molecule has 0 atom stereocenters. The Kier molecular flexibility index (Phi) is 7.39. The molecule has 0 heterocycles. The maximum absolute atomic E-state index is 11.0. The highest BCUT2D eigenvalue weighted by Gasteiger charge is 2.22. The van der Waals surface area contributed by atoms with Crippen LogP contribution in [-0.4, -0.2) is 18.0 Å². The molecule has 0 aromatic heterocycles. The highest BCUT2D eigenvalue weighted by molar-refractivity contribution is 5.83. The summed E-state index contributed by atoms with van der Waals surface area (Å²) in [6, 6.07) is 0. The van der Waals surface area contributed by atoms with Crippen molar-refractivity contribution in [3.05, 3.63) is 0 Å². The molecule has 0 aliphatic heterocycles. The Bertz CT molecular complexity index is 178. The van der Waals surface area contributed by atoms with E-state index in [1.54, 1.807) is 0 Å². The SMILES string of the molecule is CCCCCCCCNC(C)(C)C(N)=O. The summed E-state index contributed by atoms with van der Waals surface area (Å²) in [4.78, 5) is 11.0. The van der Waals surface area contributed by atoms with Gasteiger partial charge in [0, 0.05) is 0 Å². The van der Waals surface area contributed by atoms with Crippen molar-refractivity contribution >= 4 is 5.91 Å². The molecule has 0 aliphatic carbocycles. The molecule has 3 N–H and O–H groups in total. The lowest BCUT2D eigenvalue weighted by Gasteiger charge is -2.22. The van der Waals surface area contributed by atoms with Gasteiger partial charge in [0.25, 0.3) is 0 Å². The second kappa shape index (κ2) is 7.69. The molecule has 0 aromatic rings. The topological polar surface area (TPSA) is 55.1 Å². The number of carbonyl (C=O) groups excluding carboxylic acids is 1. The summed E-state index contributed by atoms with van der Waals surface area (Å²) >= 11 is 0. The average Bonchev–Trinajstić information content (AvgIpc) is 2.16. The van der Waals surface area contributed by atoms with E-state index in [9.17, 15) is 4.79 Å². The van der Waals surface area contributed by atoms with E-state index >= 15 is 0 Å². The van der Waals surface area contributed by atoms with Gasteiger partial charge in [0.1, 0.15) is 0 Å². The van der Waals surface area contributed by atoms with Crippen LogP contribution < -0.4 is 11.1 Å². The minimum atomic E-state index is -0.566. The van der Waals surface area contributed by atoms with Crippen LogP contribution in [0.15, 0.2) is 0 Å². The first-order chi connectivity index (χ1) is 7.00. The molecule has 3 heteroatoms. The lowest BCUT2D eigenvalue weighted by molar-refractivity contribution is -0.123. The molecule has 1 amide bonds. The first-order valence-electron chi connectivity index (χ1n) is 6.05. The third kappa shape index (κ3) is 7.37. The third-order valence-electron chi connectivity index (χ3n) is 2.71. The van der Waals surface area contributed by atoms with Crippen molar-refractivity contribution in [1.29, 1.82) is 0 Å². The van der Waals surface area contributed by atoms with Crippen LogP contribution in [0.5, 0.6) is 0 Å². The predicted molar refractivity (Wildman–Crippen MR) is 64.7 cm³/mol. The van der Waals surface area contributed by atoms with Gasteiger partial charge in [-0.25, -0.2) is 0 Å². The molecular formula is C12H26N2O. The number of nitrogens with one attached hydrogen (secondary N) is 1. The maximum atomic E-state index is 11.0. The molecule has 90 valence electrons. The number of unbranched alkanes of at least 4 members (excludes halogenated alkanes) is 5. The zero-order valence-corrected chi connectivity index (χ0v) is 10.4. The summed E-state index contributed by atoms with van der Waals surface area (Å²) < 4.78 is 0. The monoisotopic (exact) mass is 214 g/mol. The van der Waals surface area contributed by atoms with Crippen LogP contribution in [-0.2, 0) is 4.79 Å². The molecule has 0 saturated heterocycles. The van der Waals surface area contributed by atoms with Gasteiger partial charge in [-0.1, -0.05) is 39.0 Å². The molecule has 0 unspecified atom stereocenters. The van der Waals surface area contributed by atoms with Crippen molar-refractivity contribution in [1.82, 2.24) is 5.32 Å². The predicted octanol–water partition coefficient (Wildman–Crippen LogP) is 2.20. The average molecular weight is 214 g/mol. The molecule has 0 aromatic carbocycles. The summed E-state index contributed by atoms with van der Waals surface area (Å²) in [5, 5.41) is 3.17. The van der Waals surface area contributed by atoms with Crippen molar-refractivity contribution in [3.8, 4) is 0 Å². The van der Waals surface area contributed by atoms with Crippen LogP contribution in [0, 0.1) is 0 Å². The van der Waals surface area contributed by atoms with Gasteiger partial charge in [-0.15, -0.1) is 0 Å². The van der Waals surface area contributed by atoms with Gasteiger partial charge >= 0.3 is 0 Å². The first kappa shape index (κ1) is 14.4. The molecular weight excluding hydrogens is 188 g/mol. The molecule has 0 radical (unpaired) electrons. The third-order valence-corrected chi connectivity index (χ3v) is 2.71. The highest BCUT2D eigenvalue weighted by atomic mass is 16.1. The van der Waals surface area contributed by atoms with E-state index in [0.29, 0.717) is 0 Å². The Labute approximate surface area is 93.8 Å². The molecule has 3 nitrogen and oxygen atoms in total. The second-order valence-electron chi connectivity index (χ2n) is 4.68. The summed E-state index contributed by atoms with van der Waals surface area (Å²) in [6.07, 6.45) is 7.61. The van der Waals surface area contributed by atoms with Gasteiger partial charge in [-0.3, -0.25) is 4.79 Å². The summed E-state index contributed by atoms with van der Waals surface area (Å²) in [6.45, 7) is 6.75. The summed E-state index contributed by atoms with van der Waals surface area (Å²) in [5.74, 6) is -0.284. The van der Waals surface area contributed by atoms with Crippen molar-refractivity contribution < 1.29 is 4.79 Å². The van der Waals surface area contributed by atoms with Crippen LogP contribution in [0.2, 0.25) is 0 Å². The van der Waals surface area contributed by atoms with Crippen molar-refractivity contribution in [3.63, 3.8) is 0 Å². The van der Waals surface area contributed by atoms with Gasteiger partial charge in [0.2, 0.25) is 5.91 Å². The van der Waals surface area contributed by atoms with Crippen LogP contribution in [0.1, 0.15) is 59.3 Å². The standard InChI is InChI=1S/C12H26N2O/c1-4-5-6-7-8-9-10-14-12(2,3)11(13)15/h14H,4-10H2,1-3H3,(H2,13,15). The summed E-state index contributed by atoms with van der Waals surface area (Å²) in [7, 11) is 0. The normalized spacial score (nSPS) is 11.7. The van der Waals surface area contributed by atoms with Crippen molar-refractivity contribution in [2.45, 2.75) is 64.8 Å². The van der Waals surface area contributed by atoms with Gasteiger partial charge in [-0.2, -0.15) is 0 Å². The molecule has 0 fully saturated rings. The maximum Gasteiger partial charge on any atom is 0.237 e. The zero-order valence-electron chi connectivity index (χ0n) is 10.4. The second-order valence-corrected chi connectivity index (χ2v) is 4.68. The molecule has 0 saturated carbocycles. The Morgan fingerprint density at radius 2 is 1.67 bits per heavy atom.